The van der Waals surface area contributed by atoms with Crippen molar-refractivity contribution in [1.29, 1.82) is 0 Å². The van der Waals surface area contributed by atoms with E-state index in [-0.39, 0.29) is 0 Å². The highest BCUT2D eigenvalue weighted by molar-refractivity contribution is 7.23. The van der Waals surface area contributed by atoms with Gasteiger partial charge in [0.15, 0.2) is 11.0 Å². The van der Waals surface area contributed by atoms with Gasteiger partial charge in [0.1, 0.15) is 12.1 Å². The summed E-state index contributed by atoms with van der Waals surface area (Å²) in [6.07, 6.45) is 5.74. The van der Waals surface area contributed by atoms with Gasteiger partial charge in [-0.05, 0) is 68.6 Å². The molecule has 3 aromatic heterocycles. The molecule has 202 valence electrons. The third kappa shape index (κ3) is 5.44. The first-order valence-electron chi connectivity index (χ1n) is 12.7. The first-order chi connectivity index (χ1) is 18.7. The number of likely N-dealkylation sites (tertiary alicyclic amines) is 1. The molecule has 12 heteroatoms. The zero-order valence-corrected chi connectivity index (χ0v) is 22.4. The molecule has 1 aromatic carbocycles. The lowest BCUT2D eigenvalue weighted by Crippen LogP contribution is -2.35. The lowest BCUT2D eigenvalue weighted by atomic mass is 10.0. The summed E-state index contributed by atoms with van der Waals surface area (Å²) in [5, 5.41) is 19.9. The van der Waals surface area contributed by atoms with Crippen molar-refractivity contribution in [3.05, 3.63) is 54.2 Å². The van der Waals surface area contributed by atoms with E-state index in [2.05, 4.69) is 15.0 Å². The van der Waals surface area contributed by atoms with E-state index in [1.165, 1.54) is 16.2 Å². The molecule has 2 atom stereocenters. The number of pyridine rings is 1. The van der Waals surface area contributed by atoms with Crippen molar-refractivity contribution in [3.8, 4) is 22.4 Å². The number of carboxylic acids is 1. The minimum atomic E-state index is -0.799. The van der Waals surface area contributed by atoms with Crippen LogP contribution in [-0.2, 0) is 11.3 Å². The monoisotopic (exact) mass is 547 g/mol. The molecule has 1 aliphatic rings. The van der Waals surface area contributed by atoms with Crippen LogP contribution >= 0.6 is 11.3 Å². The number of aliphatic carboxylic acids is 1. The van der Waals surface area contributed by atoms with Gasteiger partial charge >= 0.3 is 12.0 Å². The molecule has 4 N–H and O–H groups in total. The summed E-state index contributed by atoms with van der Waals surface area (Å²) in [4.78, 5) is 45.0. The van der Waals surface area contributed by atoms with Gasteiger partial charge in [0.25, 0.3) is 0 Å². The van der Waals surface area contributed by atoms with Gasteiger partial charge < -0.3 is 15.9 Å². The van der Waals surface area contributed by atoms with E-state index >= 15 is 0 Å². The topological polar surface area (TPSA) is 159 Å². The Morgan fingerprint density at radius 2 is 1.97 bits per heavy atom. The molecule has 0 aliphatic carbocycles. The van der Waals surface area contributed by atoms with Crippen LogP contribution in [0.25, 0.3) is 32.6 Å². The molecule has 0 spiro atoms. The van der Waals surface area contributed by atoms with Gasteiger partial charge in [0.2, 0.25) is 0 Å². The number of aliphatic hydroxyl groups is 1. The Hall–Kier alpha value is -4.00. The van der Waals surface area contributed by atoms with E-state index in [0.29, 0.717) is 41.7 Å². The normalized spacial score (nSPS) is 16.4. The van der Waals surface area contributed by atoms with Crippen LogP contribution in [0.5, 0.6) is 0 Å². The number of benzene rings is 1. The number of carboxylic acid groups (broad SMARTS) is 1. The number of carbonyl (C=O) groups is 2. The standard InChI is InChI=1S/C27H29N7O4S/c1-3-34(26(28)38)27-32-21-11-17(18-12-30-24(15(2)35)31-13-18)10-19(23(21)39-27)20-9-16(6-7-29-20)14-33-8-4-5-22(33)25(36)37/h6-7,9-13,15,22,35H,3-5,8,14H2,1-2H3,(H2,28,38)(H,36,37)/t15?,22-/m0/s1. The Labute approximate surface area is 229 Å². The molecule has 4 aromatic rings. The summed E-state index contributed by atoms with van der Waals surface area (Å²) >= 11 is 1.35. The maximum Gasteiger partial charge on any atom is 0.321 e. The highest BCUT2D eigenvalue weighted by Crippen LogP contribution is 2.39. The van der Waals surface area contributed by atoms with E-state index in [9.17, 15) is 19.8 Å². The smallest absolute Gasteiger partial charge is 0.321 e. The van der Waals surface area contributed by atoms with Crippen LogP contribution in [0.1, 0.15) is 44.2 Å². The first kappa shape index (κ1) is 26.6. The molecule has 11 nitrogen and oxygen atoms in total. The SMILES string of the molecule is CCN(C(N)=O)c1nc2cc(-c3cnc(C(C)O)nc3)cc(-c3cc(CN4CCC[C@H]4C(=O)O)ccn3)c2s1. The van der Waals surface area contributed by atoms with Gasteiger partial charge in [0.05, 0.1) is 15.9 Å². The van der Waals surface area contributed by atoms with Gasteiger partial charge in [-0.2, -0.15) is 0 Å². The second-order valence-electron chi connectivity index (χ2n) is 9.47. The Morgan fingerprint density at radius 3 is 2.64 bits per heavy atom. The number of primary amides is 1. The highest BCUT2D eigenvalue weighted by atomic mass is 32.1. The molecule has 39 heavy (non-hydrogen) atoms. The molecule has 0 saturated carbocycles. The molecule has 5 rings (SSSR count). The quantitative estimate of drug-likeness (QED) is 0.298. The lowest BCUT2D eigenvalue weighted by molar-refractivity contribution is -0.142. The van der Waals surface area contributed by atoms with Gasteiger partial charge in [-0.25, -0.2) is 19.7 Å². The fourth-order valence-electron chi connectivity index (χ4n) is 4.83. The predicted octanol–water partition coefficient (Wildman–Crippen LogP) is 3.82. The number of thiazole rings is 1. The van der Waals surface area contributed by atoms with Crippen molar-refractivity contribution < 1.29 is 19.8 Å². The number of nitrogens with zero attached hydrogens (tertiary/aromatic N) is 6. The van der Waals surface area contributed by atoms with Crippen LogP contribution in [0.3, 0.4) is 0 Å². The number of aromatic nitrogens is 4. The largest absolute Gasteiger partial charge is 0.480 e. The second kappa shape index (κ2) is 11.0. The molecular formula is C27H29N7O4S. The molecule has 1 aliphatic heterocycles. The van der Waals surface area contributed by atoms with Gasteiger partial charge in [-0.3, -0.25) is 19.6 Å². The van der Waals surface area contributed by atoms with E-state index in [1.807, 2.05) is 36.1 Å². The van der Waals surface area contributed by atoms with Crippen LogP contribution in [0, 0.1) is 0 Å². The van der Waals surface area contributed by atoms with Gasteiger partial charge in [-0.1, -0.05) is 11.3 Å². The Kier molecular flexibility index (Phi) is 7.51. The second-order valence-corrected chi connectivity index (χ2v) is 10.5. The number of fused-ring (bicyclic) bond motifs is 1. The molecule has 1 saturated heterocycles. The Balaban J connectivity index is 1.60. The zero-order chi connectivity index (χ0) is 27.7. The Morgan fingerprint density at radius 1 is 1.21 bits per heavy atom. The van der Waals surface area contributed by atoms with Crippen LogP contribution in [0.2, 0.25) is 0 Å². The molecule has 1 unspecified atom stereocenters. The van der Waals surface area contributed by atoms with Crippen molar-refractivity contribution in [1.82, 2.24) is 24.8 Å². The maximum absolute atomic E-state index is 12.0. The number of urea groups is 1. The Bertz CT molecular complexity index is 1520. The average Bonchev–Trinajstić information content (AvgIpc) is 3.55. The van der Waals surface area contributed by atoms with E-state index in [1.54, 1.807) is 25.5 Å². The number of anilines is 1. The number of hydrogen-bond donors (Lipinski definition) is 3. The minimum absolute atomic E-state index is 0.326. The van der Waals surface area contributed by atoms with Crippen molar-refractivity contribution in [2.45, 2.75) is 45.4 Å². The van der Waals surface area contributed by atoms with E-state index in [0.717, 1.165) is 39.9 Å². The fraction of sp³-hybridized carbons (Fsp3) is 0.333. The fourth-order valence-corrected chi connectivity index (χ4v) is 5.97. The number of aliphatic hydroxyl groups excluding tert-OH is 1. The van der Waals surface area contributed by atoms with Crippen LogP contribution < -0.4 is 10.6 Å². The summed E-state index contributed by atoms with van der Waals surface area (Å²) in [7, 11) is 0. The van der Waals surface area contributed by atoms with Gasteiger partial charge in [0, 0.05) is 42.8 Å². The lowest BCUT2D eigenvalue weighted by Gasteiger charge is -2.21. The van der Waals surface area contributed by atoms with Crippen LogP contribution in [0.4, 0.5) is 9.93 Å². The zero-order valence-electron chi connectivity index (χ0n) is 21.6. The number of carbonyl (C=O) groups excluding carboxylic acids is 1. The van der Waals surface area contributed by atoms with Crippen molar-refractivity contribution in [2.75, 3.05) is 18.0 Å². The van der Waals surface area contributed by atoms with E-state index in [4.69, 9.17) is 10.7 Å². The molecule has 4 heterocycles. The van der Waals surface area contributed by atoms with Gasteiger partial charge in [-0.15, -0.1) is 0 Å². The van der Waals surface area contributed by atoms with Crippen molar-refractivity contribution >= 4 is 38.7 Å². The predicted molar refractivity (Wildman–Crippen MR) is 148 cm³/mol. The summed E-state index contributed by atoms with van der Waals surface area (Å²) in [5.74, 6) is -0.473. The third-order valence-electron chi connectivity index (χ3n) is 6.81. The van der Waals surface area contributed by atoms with E-state index < -0.39 is 24.1 Å². The third-order valence-corrected chi connectivity index (χ3v) is 7.93. The summed E-state index contributed by atoms with van der Waals surface area (Å²) in [5.41, 5.74) is 10.3. The maximum atomic E-state index is 12.0. The van der Waals surface area contributed by atoms with Crippen molar-refractivity contribution in [3.63, 3.8) is 0 Å². The molecule has 1 fully saturated rings. The van der Waals surface area contributed by atoms with Crippen molar-refractivity contribution in [2.24, 2.45) is 5.73 Å². The summed E-state index contributed by atoms with van der Waals surface area (Å²) in [6.45, 7) is 5.05. The molecular weight excluding hydrogens is 518 g/mol. The summed E-state index contributed by atoms with van der Waals surface area (Å²) < 4.78 is 0.837. The molecule has 0 bridgehead atoms. The number of nitrogens with two attached hydrogens (primary N) is 1. The first-order valence-corrected chi connectivity index (χ1v) is 13.5. The number of hydrogen-bond acceptors (Lipinski definition) is 9. The molecule has 2 amide bonds. The summed E-state index contributed by atoms with van der Waals surface area (Å²) in [6, 6.07) is 6.67. The molecule has 0 radical (unpaired) electrons. The average molecular weight is 548 g/mol. The van der Waals surface area contributed by atoms with Crippen LogP contribution in [0.15, 0.2) is 42.9 Å². The highest BCUT2D eigenvalue weighted by Gasteiger charge is 2.30. The van der Waals surface area contributed by atoms with Crippen LogP contribution in [-0.4, -0.2) is 66.2 Å². The minimum Gasteiger partial charge on any atom is -0.480 e. The number of amides is 2. The number of rotatable bonds is 8.